The molecular weight excluding hydrogens is 562 g/mol. The summed E-state index contributed by atoms with van der Waals surface area (Å²) in [5, 5.41) is 24.8. The van der Waals surface area contributed by atoms with E-state index in [-0.39, 0.29) is 31.3 Å². The number of aliphatic hydroxyl groups excluding tert-OH is 2. The van der Waals surface area contributed by atoms with Crippen LogP contribution in [0.5, 0.6) is 0 Å². The van der Waals surface area contributed by atoms with Crippen LogP contribution in [0, 0.1) is 11.8 Å². The number of likely N-dealkylation sites (N-methyl/N-ethyl adjacent to an activating group) is 2. The first-order valence-corrected chi connectivity index (χ1v) is 15.1. The predicted octanol–water partition coefficient (Wildman–Crippen LogP) is -0.987. The van der Waals surface area contributed by atoms with Crippen LogP contribution in [0.1, 0.15) is 66.7 Å². The lowest BCUT2D eigenvalue weighted by atomic mass is 9.94. The first-order chi connectivity index (χ1) is 20.2. The molecule has 7 atom stereocenters. The van der Waals surface area contributed by atoms with Crippen molar-refractivity contribution in [3.63, 3.8) is 0 Å². The quantitative estimate of drug-likeness (QED) is 0.274. The van der Waals surface area contributed by atoms with E-state index in [4.69, 9.17) is 4.74 Å². The Morgan fingerprint density at radius 3 is 2.21 bits per heavy atom. The predicted molar refractivity (Wildman–Crippen MR) is 155 cm³/mol. The Balaban J connectivity index is 2.54. The summed E-state index contributed by atoms with van der Waals surface area (Å²) in [5.74, 6) is -4.22. The maximum Gasteiger partial charge on any atom is 0.308 e. The Hall–Kier alpha value is -3.26. The number of aliphatic hydroxyl groups is 2. The average Bonchev–Trinajstić information content (AvgIpc) is 3.46. The highest BCUT2D eigenvalue weighted by molar-refractivity contribution is 5.96. The van der Waals surface area contributed by atoms with Crippen molar-refractivity contribution in [3.8, 4) is 0 Å². The van der Waals surface area contributed by atoms with Crippen molar-refractivity contribution >= 4 is 35.5 Å². The molecule has 5 amide bonds. The summed E-state index contributed by atoms with van der Waals surface area (Å²) in [4.78, 5) is 84.1. The summed E-state index contributed by atoms with van der Waals surface area (Å²) >= 11 is 0. The molecule has 0 saturated carbocycles. The highest BCUT2D eigenvalue weighted by Gasteiger charge is 2.43. The molecule has 2 heterocycles. The molecule has 2 aliphatic rings. The lowest BCUT2D eigenvalue weighted by Gasteiger charge is -2.38. The molecule has 2 saturated heterocycles. The minimum Gasteiger partial charge on any atom is -0.452 e. The largest absolute Gasteiger partial charge is 0.452 e. The molecule has 0 aliphatic carbocycles. The molecule has 43 heavy (non-hydrogen) atoms. The minimum absolute atomic E-state index is 0.148. The third-order valence-corrected chi connectivity index (χ3v) is 8.45. The van der Waals surface area contributed by atoms with E-state index in [1.54, 1.807) is 20.8 Å². The van der Waals surface area contributed by atoms with Gasteiger partial charge in [0.05, 0.1) is 19.1 Å². The van der Waals surface area contributed by atoms with Gasteiger partial charge in [-0.15, -0.1) is 0 Å². The molecule has 2 fully saturated rings. The molecule has 0 bridgehead atoms. The summed E-state index contributed by atoms with van der Waals surface area (Å²) in [6.07, 6.45) is -2.21. The van der Waals surface area contributed by atoms with Gasteiger partial charge >= 0.3 is 5.97 Å². The second kappa shape index (κ2) is 16.0. The van der Waals surface area contributed by atoms with Crippen LogP contribution in [0.3, 0.4) is 0 Å². The maximum atomic E-state index is 13.9. The topological polar surface area (TPSA) is 186 Å². The van der Waals surface area contributed by atoms with Crippen LogP contribution < -0.4 is 10.6 Å². The fraction of sp³-hybridized carbons (Fsp3) is 0.793. The van der Waals surface area contributed by atoms with Crippen molar-refractivity contribution in [2.75, 3.05) is 33.8 Å². The van der Waals surface area contributed by atoms with Gasteiger partial charge in [0.2, 0.25) is 23.6 Å². The van der Waals surface area contributed by atoms with E-state index in [1.165, 1.54) is 35.7 Å². The Bertz CT molecular complexity index is 1040. The average molecular weight is 612 g/mol. The van der Waals surface area contributed by atoms with Gasteiger partial charge in [-0.1, -0.05) is 34.1 Å². The van der Waals surface area contributed by atoms with E-state index in [2.05, 4.69) is 10.6 Å². The molecule has 0 spiro atoms. The Morgan fingerprint density at radius 1 is 0.977 bits per heavy atom. The van der Waals surface area contributed by atoms with Crippen LogP contribution >= 0.6 is 0 Å². The highest BCUT2D eigenvalue weighted by atomic mass is 16.5. The smallest absolute Gasteiger partial charge is 0.308 e. The van der Waals surface area contributed by atoms with Crippen molar-refractivity contribution in [2.24, 2.45) is 11.8 Å². The van der Waals surface area contributed by atoms with Crippen molar-refractivity contribution < 1.29 is 43.7 Å². The van der Waals surface area contributed by atoms with Crippen molar-refractivity contribution in [1.29, 1.82) is 0 Å². The maximum absolute atomic E-state index is 13.9. The van der Waals surface area contributed by atoms with Gasteiger partial charge in [-0.3, -0.25) is 28.8 Å². The molecule has 0 radical (unpaired) electrons. The molecule has 2 rings (SSSR count). The second-order valence-electron chi connectivity index (χ2n) is 11.9. The number of rotatable bonds is 6. The summed E-state index contributed by atoms with van der Waals surface area (Å²) in [6.45, 7) is 8.14. The monoisotopic (exact) mass is 611 g/mol. The standard InChI is InChI=1S/C29H49N5O9/c1-8-17(4)23-28(41)33(7)24(16(2)3)29(42)32(6)18(5)25(38)30-12-11-22(37)43-21(14-19(36)15-35)27(40)34-13-9-10-20(34)26(39)31-23/h16-21,23-24,35-36H,8-15H2,1-7H3,(H,30,38)(H,31,39)/t17-,18-,19+,20-,21-,23+,24-/m1/s1. The van der Waals surface area contributed by atoms with Crippen LogP contribution in [-0.2, 0) is 33.5 Å². The number of amides is 5. The Morgan fingerprint density at radius 2 is 1.63 bits per heavy atom. The number of carbonyl (C=O) groups excluding carboxylic acids is 6. The van der Waals surface area contributed by atoms with Gasteiger partial charge in [0.15, 0.2) is 6.10 Å². The van der Waals surface area contributed by atoms with Gasteiger partial charge in [-0.05, 0) is 31.6 Å². The minimum atomic E-state index is -1.48. The fourth-order valence-electron chi connectivity index (χ4n) is 5.42. The van der Waals surface area contributed by atoms with E-state index in [0.29, 0.717) is 19.3 Å². The number of fused-ring (bicyclic) bond motifs is 1. The zero-order valence-electron chi connectivity index (χ0n) is 26.4. The van der Waals surface area contributed by atoms with E-state index < -0.39 is 84.9 Å². The summed E-state index contributed by atoms with van der Waals surface area (Å²) < 4.78 is 5.38. The van der Waals surface area contributed by atoms with Gasteiger partial charge in [0.25, 0.3) is 5.91 Å². The van der Waals surface area contributed by atoms with E-state index in [9.17, 15) is 39.0 Å². The molecule has 0 aromatic heterocycles. The Labute approximate surface area is 253 Å². The third-order valence-electron chi connectivity index (χ3n) is 8.45. The Kier molecular flexibility index (Phi) is 13.4. The van der Waals surface area contributed by atoms with Crippen LogP contribution in [0.2, 0.25) is 0 Å². The van der Waals surface area contributed by atoms with Crippen LogP contribution in [0.25, 0.3) is 0 Å². The summed E-state index contributed by atoms with van der Waals surface area (Å²) in [6, 6.07) is -3.84. The number of nitrogens with one attached hydrogen (secondary N) is 2. The molecular formula is C29H49N5O9. The summed E-state index contributed by atoms with van der Waals surface area (Å²) in [5.41, 5.74) is 0. The number of ether oxygens (including phenoxy) is 1. The second-order valence-corrected chi connectivity index (χ2v) is 11.9. The number of hydrogen-bond acceptors (Lipinski definition) is 9. The molecule has 14 heteroatoms. The molecule has 4 N–H and O–H groups in total. The number of nitrogens with zero attached hydrogens (tertiary/aromatic N) is 3. The first-order valence-electron chi connectivity index (χ1n) is 15.1. The molecule has 244 valence electrons. The number of esters is 1. The van der Waals surface area contributed by atoms with Crippen LogP contribution in [-0.4, -0.2) is 131 Å². The molecule has 0 unspecified atom stereocenters. The SMILES string of the molecule is CC[C@@H](C)[C@@H]1NC(=O)[C@H]2CCCN2C(=O)[C@@H](C[C@H](O)CO)OC(=O)CCNC(=O)[C@@H](C)N(C)C(=O)[C@@H](C(C)C)N(C)C1=O. The first kappa shape index (κ1) is 35.9. The molecule has 2 aliphatic heterocycles. The van der Waals surface area contributed by atoms with Gasteiger partial charge < -0.3 is 40.3 Å². The van der Waals surface area contributed by atoms with Crippen molar-refractivity contribution in [2.45, 2.75) is 103 Å². The van der Waals surface area contributed by atoms with Gasteiger partial charge in [-0.25, -0.2) is 0 Å². The zero-order valence-corrected chi connectivity index (χ0v) is 26.4. The highest BCUT2D eigenvalue weighted by Crippen LogP contribution is 2.23. The van der Waals surface area contributed by atoms with Gasteiger partial charge in [0, 0.05) is 33.6 Å². The third kappa shape index (κ3) is 8.88. The lowest BCUT2D eigenvalue weighted by molar-refractivity contribution is -0.163. The van der Waals surface area contributed by atoms with Gasteiger partial charge in [-0.2, -0.15) is 0 Å². The van der Waals surface area contributed by atoms with Crippen LogP contribution in [0.15, 0.2) is 0 Å². The van der Waals surface area contributed by atoms with Crippen LogP contribution in [0.4, 0.5) is 0 Å². The number of carbonyl (C=O) groups is 6. The number of hydrogen-bond donors (Lipinski definition) is 4. The van der Waals surface area contributed by atoms with E-state index in [0.717, 1.165) is 0 Å². The molecule has 14 nitrogen and oxygen atoms in total. The summed E-state index contributed by atoms with van der Waals surface area (Å²) in [7, 11) is 2.96. The lowest BCUT2D eigenvalue weighted by Crippen LogP contribution is -2.60. The molecule has 0 aromatic rings. The fourth-order valence-corrected chi connectivity index (χ4v) is 5.42. The zero-order chi connectivity index (χ0) is 32.6. The van der Waals surface area contributed by atoms with E-state index in [1.807, 2.05) is 6.92 Å². The van der Waals surface area contributed by atoms with E-state index >= 15 is 0 Å². The van der Waals surface area contributed by atoms with Crippen molar-refractivity contribution in [3.05, 3.63) is 0 Å². The molecule has 0 aromatic carbocycles. The van der Waals surface area contributed by atoms with Gasteiger partial charge in [0.1, 0.15) is 24.2 Å². The normalized spacial score (nSPS) is 28.9. The number of cyclic esters (lactones) is 1. The van der Waals surface area contributed by atoms with Crippen molar-refractivity contribution in [1.82, 2.24) is 25.3 Å².